The Hall–Kier alpha value is -4.18. The standard InChI is InChI=1S/C21H19N5O5/c1-2-30-15-9-12(11-4-3-5-13(8-11)31-17(22)21(28)29)6-7-14(15)18-25-19-16(20(27)26-18)23-10-24-19/h3-10,17H,2,22H2,1H3,(H,28,29)(H2,23,24,25,26,27)/t17-/m0/s1. The summed E-state index contributed by atoms with van der Waals surface area (Å²) in [6.07, 6.45) is -0.0503. The van der Waals surface area contributed by atoms with Gasteiger partial charge in [0.15, 0.2) is 11.2 Å². The zero-order valence-electron chi connectivity index (χ0n) is 16.5. The molecule has 2 aromatic heterocycles. The largest absolute Gasteiger partial charge is 0.493 e. The molecule has 0 aliphatic carbocycles. The van der Waals surface area contributed by atoms with Crippen LogP contribution in [0, 0.1) is 0 Å². The molecule has 0 unspecified atom stereocenters. The lowest BCUT2D eigenvalue weighted by atomic mass is 10.0. The number of aliphatic carboxylic acids is 1. The number of nitrogens with two attached hydrogens (primary N) is 1. The Morgan fingerprint density at radius 3 is 2.81 bits per heavy atom. The average Bonchev–Trinajstić information content (AvgIpc) is 3.23. The molecule has 10 nitrogen and oxygen atoms in total. The van der Waals surface area contributed by atoms with Crippen LogP contribution in [0.25, 0.3) is 33.7 Å². The van der Waals surface area contributed by atoms with Crippen molar-refractivity contribution in [3.8, 4) is 34.0 Å². The number of benzene rings is 2. The summed E-state index contributed by atoms with van der Waals surface area (Å²) in [5.41, 5.74) is 7.90. The van der Waals surface area contributed by atoms with Crippen molar-refractivity contribution in [3.63, 3.8) is 0 Å². The van der Waals surface area contributed by atoms with Crippen molar-refractivity contribution in [2.24, 2.45) is 5.73 Å². The Kier molecular flexibility index (Phi) is 5.37. The quantitative estimate of drug-likeness (QED) is 0.331. The third-order valence-electron chi connectivity index (χ3n) is 4.51. The van der Waals surface area contributed by atoms with Crippen molar-refractivity contribution >= 4 is 17.1 Å². The molecular weight excluding hydrogens is 402 g/mol. The fraction of sp³-hybridized carbons (Fsp3) is 0.143. The Morgan fingerprint density at radius 2 is 2.03 bits per heavy atom. The number of hydrogen-bond acceptors (Lipinski definition) is 7. The predicted molar refractivity (Wildman–Crippen MR) is 113 cm³/mol. The Morgan fingerprint density at radius 1 is 1.23 bits per heavy atom. The highest BCUT2D eigenvalue weighted by molar-refractivity contribution is 5.77. The van der Waals surface area contributed by atoms with Crippen LogP contribution in [-0.2, 0) is 4.79 Å². The van der Waals surface area contributed by atoms with Crippen LogP contribution in [-0.4, -0.2) is 43.8 Å². The minimum absolute atomic E-state index is 0.301. The second-order valence-corrected chi connectivity index (χ2v) is 6.56. The van der Waals surface area contributed by atoms with E-state index in [1.54, 1.807) is 24.3 Å². The first-order valence-electron chi connectivity index (χ1n) is 9.42. The Bertz CT molecular complexity index is 1310. The molecule has 10 heteroatoms. The molecule has 158 valence electrons. The second-order valence-electron chi connectivity index (χ2n) is 6.56. The van der Waals surface area contributed by atoms with Gasteiger partial charge in [-0.2, -0.15) is 0 Å². The third kappa shape index (κ3) is 4.09. The number of aromatic nitrogens is 4. The number of fused-ring (bicyclic) bond motifs is 1. The maximum absolute atomic E-state index is 12.3. The average molecular weight is 421 g/mol. The molecule has 4 aromatic rings. The molecule has 1 atom stereocenters. The molecule has 5 N–H and O–H groups in total. The smallest absolute Gasteiger partial charge is 0.360 e. The van der Waals surface area contributed by atoms with Crippen molar-refractivity contribution < 1.29 is 19.4 Å². The first-order valence-corrected chi connectivity index (χ1v) is 9.42. The predicted octanol–water partition coefficient (Wildman–Crippen LogP) is 2.13. The van der Waals surface area contributed by atoms with E-state index in [1.165, 1.54) is 6.33 Å². The van der Waals surface area contributed by atoms with Gasteiger partial charge < -0.3 is 24.5 Å². The number of carbonyl (C=O) groups is 1. The molecule has 0 saturated heterocycles. The van der Waals surface area contributed by atoms with Gasteiger partial charge in [0, 0.05) is 0 Å². The zero-order valence-corrected chi connectivity index (χ0v) is 16.5. The van der Waals surface area contributed by atoms with E-state index in [0.717, 1.165) is 11.1 Å². The fourth-order valence-corrected chi connectivity index (χ4v) is 3.09. The summed E-state index contributed by atoms with van der Waals surface area (Å²) in [7, 11) is 0. The number of carboxylic acids is 1. The molecule has 2 aromatic carbocycles. The number of aromatic amines is 2. The summed E-state index contributed by atoms with van der Waals surface area (Å²) >= 11 is 0. The summed E-state index contributed by atoms with van der Waals surface area (Å²) in [5, 5.41) is 8.93. The molecule has 4 rings (SSSR count). The van der Waals surface area contributed by atoms with Crippen molar-refractivity contribution in [2.45, 2.75) is 13.2 Å². The lowest BCUT2D eigenvalue weighted by Gasteiger charge is -2.14. The number of rotatable bonds is 7. The molecule has 2 heterocycles. The molecule has 0 bridgehead atoms. The van der Waals surface area contributed by atoms with E-state index in [-0.39, 0.29) is 5.56 Å². The number of H-pyrrole nitrogens is 2. The number of hydrogen-bond donors (Lipinski definition) is 4. The van der Waals surface area contributed by atoms with Gasteiger partial charge in [-0.3, -0.25) is 10.5 Å². The number of imidazole rings is 1. The van der Waals surface area contributed by atoms with Crippen LogP contribution in [0.15, 0.2) is 53.6 Å². The zero-order chi connectivity index (χ0) is 22.0. The van der Waals surface area contributed by atoms with Gasteiger partial charge in [-0.15, -0.1) is 0 Å². The van der Waals surface area contributed by atoms with Crippen LogP contribution >= 0.6 is 0 Å². The van der Waals surface area contributed by atoms with E-state index in [9.17, 15) is 9.59 Å². The van der Waals surface area contributed by atoms with Crippen molar-refractivity contribution in [1.29, 1.82) is 0 Å². The van der Waals surface area contributed by atoms with Gasteiger partial charge in [0.25, 0.3) is 5.56 Å². The first-order chi connectivity index (χ1) is 15.0. The molecule has 0 saturated carbocycles. The molecule has 0 aliphatic rings. The molecule has 0 spiro atoms. The number of nitrogens with zero attached hydrogens (tertiary/aromatic N) is 2. The molecular formula is C21H19N5O5. The van der Waals surface area contributed by atoms with Gasteiger partial charge >= 0.3 is 5.97 Å². The van der Waals surface area contributed by atoms with Crippen LogP contribution in [0.5, 0.6) is 11.5 Å². The monoisotopic (exact) mass is 421 g/mol. The maximum atomic E-state index is 12.3. The number of ether oxygens (including phenoxy) is 2. The third-order valence-corrected chi connectivity index (χ3v) is 4.51. The second kappa shape index (κ2) is 8.28. The van der Waals surface area contributed by atoms with Crippen LogP contribution in [0.1, 0.15) is 6.92 Å². The summed E-state index contributed by atoms with van der Waals surface area (Å²) in [6, 6.07) is 12.3. The summed E-state index contributed by atoms with van der Waals surface area (Å²) in [6.45, 7) is 2.26. The highest BCUT2D eigenvalue weighted by atomic mass is 16.5. The maximum Gasteiger partial charge on any atom is 0.360 e. The number of nitrogens with one attached hydrogen (secondary N) is 2. The minimum atomic E-state index is -1.46. The van der Waals surface area contributed by atoms with E-state index in [4.69, 9.17) is 20.3 Å². The van der Waals surface area contributed by atoms with Gasteiger partial charge in [0.2, 0.25) is 6.23 Å². The van der Waals surface area contributed by atoms with Gasteiger partial charge in [0.05, 0.1) is 18.5 Å². The fourth-order valence-electron chi connectivity index (χ4n) is 3.09. The number of carboxylic acid groups (broad SMARTS) is 1. The van der Waals surface area contributed by atoms with Crippen LogP contribution < -0.4 is 20.8 Å². The summed E-state index contributed by atoms with van der Waals surface area (Å²) in [5.74, 6) is -0.0797. The van der Waals surface area contributed by atoms with E-state index in [0.29, 0.717) is 40.7 Å². The van der Waals surface area contributed by atoms with E-state index in [1.807, 2.05) is 25.1 Å². The topological polar surface area (TPSA) is 156 Å². The van der Waals surface area contributed by atoms with E-state index < -0.39 is 12.2 Å². The van der Waals surface area contributed by atoms with Gasteiger partial charge in [-0.05, 0) is 42.3 Å². The van der Waals surface area contributed by atoms with Gasteiger partial charge in [-0.1, -0.05) is 18.2 Å². The highest BCUT2D eigenvalue weighted by Gasteiger charge is 2.16. The normalized spacial score (nSPS) is 11.9. The van der Waals surface area contributed by atoms with Crippen molar-refractivity contribution in [3.05, 3.63) is 59.1 Å². The Balaban J connectivity index is 1.74. The van der Waals surface area contributed by atoms with Crippen molar-refractivity contribution in [2.75, 3.05) is 6.61 Å². The summed E-state index contributed by atoms with van der Waals surface area (Å²) < 4.78 is 11.0. The first kappa shape index (κ1) is 20.1. The molecule has 0 aliphatic heterocycles. The van der Waals surface area contributed by atoms with Crippen LogP contribution in [0.3, 0.4) is 0 Å². The van der Waals surface area contributed by atoms with E-state index in [2.05, 4.69) is 19.9 Å². The Labute approximate surface area is 175 Å². The van der Waals surface area contributed by atoms with Gasteiger partial charge in [-0.25, -0.2) is 14.8 Å². The minimum Gasteiger partial charge on any atom is -0.493 e. The molecule has 31 heavy (non-hydrogen) atoms. The molecule has 0 fully saturated rings. The van der Waals surface area contributed by atoms with Crippen LogP contribution in [0.2, 0.25) is 0 Å². The lowest BCUT2D eigenvalue weighted by molar-refractivity contribution is -0.144. The van der Waals surface area contributed by atoms with Gasteiger partial charge in [0.1, 0.15) is 17.3 Å². The SMILES string of the molecule is CCOc1cc(-c2cccc(O[C@H](N)C(=O)O)c2)ccc1-c1nc2nc[nH]c2c(=O)[nH]1. The molecule has 0 radical (unpaired) electrons. The van der Waals surface area contributed by atoms with E-state index >= 15 is 0 Å². The molecule has 0 amide bonds. The van der Waals surface area contributed by atoms with Crippen LogP contribution in [0.4, 0.5) is 0 Å². The lowest BCUT2D eigenvalue weighted by Crippen LogP contribution is -2.35. The highest BCUT2D eigenvalue weighted by Crippen LogP contribution is 2.34. The van der Waals surface area contributed by atoms with Crippen molar-refractivity contribution in [1.82, 2.24) is 19.9 Å². The summed E-state index contributed by atoms with van der Waals surface area (Å²) in [4.78, 5) is 37.2.